The van der Waals surface area contributed by atoms with E-state index < -0.39 is 17.5 Å². The molecule has 5 aromatic rings. The number of benzene rings is 3. The van der Waals surface area contributed by atoms with Crippen LogP contribution >= 0.6 is 11.3 Å². The zero-order valence-corrected chi connectivity index (χ0v) is 29.2. The third-order valence-electron chi connectivity index (χ3n) is 10.0. The molecule has 2 N–H and O–H groups in total. The molecule has 0 radical (unpaired) electrons. The molecule has 0 aliphatic carbocycles. The van der Waals surface area contributed by atoms with Crippen LogP contribution in [0.5, 0.6) is 0 Å². The number of carbonyl (C=O) groups is 3. The van der Waals surface area contributed by atoms with Gasteiger partial charge in [0.05, 0.1) is 21.8 Å². The van der Waals surface area contributed by atoms with Crippen LogP contribution in [0.3, 0.4) is 0 Å². The van der Waals surface area contributed by atoms with Crippen molar-refractivity contribution < 1.29 is 27.9 Å². The van der Waals surface area contributed by atoms with Gasteiger partial charge in [-0.1, -0.05) is 12.1 Å². The van der Waals surface area contributed by atoms with E-state index in [4.69, 9.17) is 4.74 Å². The highest BCUT2D eigenvalue weighted by Crippen LogP contribution is 2.44. The molecule has 0 atom stereocenters. The average molecular weight is 720 g/mol. The van der Waals surface area contributed by atoms with Gasteiger partial charge in [-0.05, 0) is 104 Å². The van der Waals surface area contributed by atoms with Crippen LogP contribution in [0, 0.1) is 24.0 Å². The van der Waals surface area contributed by atoms with Gasteiger partial charge in [0.25, 0.3) is 17.7 Å². The summed E-state index contributed by atoms with van der Waals surface area (Å²) in [6.45, 7) is 5.34. The van der Waals surface area contributed by atoms with E-state index in [9.17, 15) is 23.2 Å². The largest absolute Gasteiger partial charge is 0.381 e. The van der Waals surface area contributed by atoms with Crippen LogP contribution in [0.4, 0.5) is 31.7 Å². The number of aryl methyl sites for hydroxylation is 1. The summed E-state index contributed by atoms with van der Waals surface area (Å²) in [5.41, 5.74) is 4.38. The molecule has 8 rings (SSSR count). The number of ether oxygens (including phenoxy) is 1. The van der Waals surface area contributed by atoms with Crippen LogP contribution < -0.4 is 20.4 Å². The molecule has 264 valence electrons. The second-order valence-electron chi connectivity index (χ2n) is 13.7. The van der Waals surface area contributed by atoms with Crippen LogP contribution in [0.15, 0.2) is 85.1 Å². The molecule has 12 heteroatoms. The summed E-state index contributed by atoms with van der Waals surface area (Å²) in [6.07, 6.45) is 4.20. The molecular weight excluding hydrogens is 685 g/mol. The molecule has 0 bridgehead atoms. The number of nitrogens with zero attached hydrogens (tertiary/aromatic N) is 3. The Kier molecular flexibility index (Phi) is 8.80. The SMILES string of the molecule is Cc1cnc(N2CC3(CCOCC3)C2)c(C(=O)Nc2ccc(C(=O)N3CCc4cc(C(=O)Nc5ccccc5F)sc4-c4ccc(F)cc43)cc2)c1. The van der Waals surface area contributed by atoms with E-state index in [0.717, 1.165) is 55.1 Å². The summed E-state index contributed by atoms with van der Waals surface area (Å²) >= 11 is 1.21. The predicted molar refractivity (Wildman–Crippen MR) is 198 cm³/mol. The van der Waals surface area contributed by atoms with Gasteiger partial charge >= 0.3 is 0 Å². The molecule has 3 aromatic carbocycles. The van der Waals surface area contributed by atoms with Crippen LogP contribution in [0.1, 0.15) is 54.4 Å². The van der Waals surface area contributed by atoms with Crippen molar-refractivity contribution in [2.24, 2.45) is 5.41 Å². The summed E-state index contributed by atoms with van der Waals surface area (Å²) in [5, 5.41) is 5.59. The van der Waals surface area contributed by atoms with Gasteiger partial charge < -0.3 is 25.2 Å². The minimum absolute atomic E-state index is 0.0770. The van der Waals surface area contributed by atoms with Crippen molar-refractivity contribution in [2.75, 3.05) is 53.3 Å². The Morgan fingerprint density at radius 1 is 0.904 bits per heavy atom. The van der Waals surface area contributed by atoms with E-state index in [2.05, 4.69) is 20.5 Å². The minimum Gasteiger partial charge on any atom is -0.381 e. The summed E-state index contributed by atoms with van der Waals surface area (Å²) in [5.74, 6) is -1.46. The molecule has 0 unspecified atom stereocenters. The van der Waals surface area contributed by atoms with Crippen LogP contribution in [-0.4, -0.2) is 55.6 Å². The third kappa shape index (κ3) is 6.44. The minimum atomic E-state index is -0.539. The fraction of sp³-hybridized carbons (Fsp3) is 0.250. The maximum absolute atomic E-state index is 14.7. The number of hydrogen-bond acceptors (Lipinski definition) is 7. The van der Waals surface area contributed by atoms with Crippen molar-refractivity contribution in [3.05, 3.63) is 124 Å². The first-order valence-corrected chi connectivity index (χ1v) is 18.0. The second-order valence-corrected chi connectivity index (χ2v) is 14.7. The number of aromatic nitrogens is 1. The summed E-state index contributed by atoms with van der Waals surface area (Å²) in [4.78, 5) is 50.1. The molecule has 3 aliphatic rings. The van der Waals surface area contributed by atoms with Crippen LogP contribution in [0.25, 0.3) is 10.4 Å². The van der Waals surface area contributed by atoms with Crippen molar-refractivity contribution in [3.8, 4) is 10.4 Å². The van der Waals surface area contributed by atoms with Gasteiger partial charge in [-0.2, -0.15) is 0 Å². The van der Waals surface area contributed by atoms with E-state index in [0.29, 0.717) is 45.2 Å². The second kappa shape index (κ2) is 13.6. The first kappa shape index (κ1) is 33.7. The first-order valence-electron chi connectivity index (χ1n) is 17.2. The summed E-state index contributed by atoms with van der Waals surface area (Å²) < 4.78 is 34.5. The molecule has 1 spiro atoms. The van der Waals surface area contributed by atoms with Gasteiger partial charge in [0.1, 0.15) is 17.5 Å². The highest BCUT2D eigenvalue weighted by atomic mass is 32.1. The van der Waals surface area contributed by atoms with E-state index in [1.807, 2.05) is 13.0 Å². The molecule has 3 amide bonds. The van der Waals surface area contributed by atoms with Crippen LogP contribution in [-0.2, 0) is 11.2 Å². The zero-order valence-electron chi connectivity index (χ0n) is 28.4. The maximum Gasteiger partial charge on any atom is 0.265 e. The summed E-state index contributed by atoms with van der Waals surface area (Å²) in [7, 11) is 0. The number of fused-ring (bicyclic) bond motifs is 3. The highest BCUT2D eigenvalue weighted by molar-refractivity contribution is 7.17. The third-order valence-corrected chi connectivity index (χ3v) is 11.3. The number of thiophene rings is 1. The van der Waals surface area contributed by atoms with Gasteiger partial charge in [-0.25, -0.2) is 13.8 Å². The van der Waals surface area contributed by atoms with Crippen molar-refractivity contribution in [3.63, 3.8) is 0 Å². The molecule has 52 heavy (non-hydrogen) atoms. The molecule has 5 heterocycles. The topological polar surface area (TPSA) is 104 Å². The number of nitrogens with one attached hydrogen (secondary N) is 2. The van der Waals surface area contributed by atoms with Gasteiger partial charge in [0.2, 0.25) is 0 Å². The number of para-hydroxylation sites is 1. The zero-order chi connectivity index (χ0) is 36.0. The number of hydrogen-bond donors (Lipinski definition) is 2. The standard InChI is InChI=1S/C40H35F2N5O4S/c1-24-18-30(36(43-21-24)46-22-40(23-46)13-16-51-17-14-40)37(48)44-28-9-6-25(7-10-28)39(50)47-15-12-26-19-34(38(49)45-32-5-3-2-4-31(32)42)52-35(26)29-11-8-27(41)20-33(29)47/h2-11,18-21H,12-17,22-23H2,1H3,(H,44,48)(H,45,49). The Labute approximate surface area is 303 Å². The number of pyridine rings is 1. The summed E-state index contributed by atoms with van der Waals surface area (Å²) in [6, 6.07) is 20.4. The fourth-order valence-corrected chi connectivity index (χ4v) is 8.39. The Balaban J connectivity index is 0.989. The molecular formula is C40H35F2N5O4S. The number of anilines is 4. The number of rotatable bonds is 6. The van der Waals surface area contributed by atoms with Crippen molar-refractivity contribution >= 4 is 51.9 Å². The van der Waals surface area contributed by atoms with Crippen molar-refractivity contribution in [1.29, 1.82) is 0 Å². The van der Waals surface area contributed by atoms with Crippen LogP contribution in [0.2, 0.25) is 0 Å². The average Bonchev–Trinajstić information content (AvgIpc) is 3.50. The molecule has 2 saturated heterocycles. The maximum atomic E-state index is 14.7. The molecule has 2 fully saturated rings. The molecule has 3 aliphatic heterocycles. The smallest absolute Gasteiger partial charge is 0.265 e. The van der Waals surface area contributed by atoms with E-state index >= 15 is 0 Å². The highest BCUT2D eigenvalue weighted by Gasteiger charge is 2.45. The molecule has 0 saturated carbocycles. The molecule has 2 aromatic heterocycles. The Hall–Kier alpha value is -5.46. The first-order chi connectivity index (χ1) is 25.2. The van der Waals surface area contributed by atoms with E-state index in [1.165, 1.54) is 35.6 Å². The van der Waals surface area contributed by atoms with Gasteiger partial charge in [-0.15, -0.1) is 11.3 Å². The lowest BCUT2D eigenvalue weighted by molar-refractivity contribution is -0.000511. The van der Waals surface area contributed by atoms with Crippen molar-refractivity contribution in [2.45, 2.75) is 26.2 Å². The monoisotopic (exact) mass is 719 g/mol. The normalized spacial score (nSPS) is 16.0. The van der Waals surface area contributed by atoms with Gasteiger partial charge in [-0.3, -0.25) is 14.4 Å². The van der Waals surface area contributed by atoms with E-state index in [1.54, 1.807) is 59.6 Å². The molecule has 9 nitrogen and oxygen atoms in total. The predicted octanol–water partition coefficient (Wildman–Crippen LogP) is 7.72. The van der Waals surface area contributed by atoms with Gasteiger partial charge in [0.15, 0.2) is 0 Å². The van der Waals surface area contributed by atoms with E-state index in [-0.39, 0.29) is 29.5 Å². The Bertz CT molecular complexity index is 2210. The lowest BCUT2D eigenvalue weighted by atomic mass is 9.73. The number of carbonyl (C=O) groups excluding carboxylic acids is 3. The number of amides is 3. The number of halogens is 2. The fourth-order valence-electron chi connectivity index (χ4n) is 7.25. The quantitative estimate of drug-likeness (QED) is 0.186. The lowest BCUT2D eigenvalue weighted by Crippen LogP contribution is -2.59. The Morgan fingerprint density at radius 3 is 2.44 bits per heavy atom. The van der Waals surface area contributed by atoms with Crippen molar-refractivity contribution in [1.82, 2.24) is 4.98 Å². The lowest BCUT2D eigenvalue weighted by Gasteiger charge is -2.53. The Morgan fingerprint density at radius 2 is 1.67 bits per heavy atom. The van der Waals surface area contributed by atoms with Gasteiger partial charge in [0, 0.05) is 66.2 Å².